The van der Waals surface area contributed by atoms with E-state index in [1.54, 1.807) is 0 Å². The molecule has 0 fully saturated rings. The molecule has 0 aliphatic carbocycles. The van der Waals surface area contributed by atoms with Crippen LogP contribution in [0.4, 0.5) is 17.6 Å². The predicted octanol–water partition coefficient (Wildman–Crippen LogP) is 1.88. The highest BCUT2D eigenvalue weighted by Gasteiger charge is 2.34. The van der Waals surface area contributed by atoms with Crippen LogP contribution in [0.5, 0.6) is 0 Å². The van der Waals surface area contributed by atoms with Crippen LogP contribution in [-0.4, -0.2) is 15.0 Å². The molecular weight excluding hydrogens is 252 g/mol. The summed E-state index contributed by atoms with van der Waals surface area (Å²) in [6.07, 6.45) is -3.37. The quantitative estimate of drug-likeness (QED) is 0.839. The van der Waals surface area contributed by atoms with Crippen molar-refractivity contribution in [2.24, 2.45) is 5.73 Å². The lowest BCUT2D eigenvalue weighted by atomic mass is 10.2. The maximum absolute atomic E-state index is 13.1. The van der Waals surface area contributed by atoms with Gasteiger partial charge < -0.3 is 5.73 Å². The minimum absolute atomic E-state index is 0.0657. The number of halogens is 4. The topological polar surface area (TPSA) is 56.7 Å². The SMILES string of the molecule is NCc1cn(-c2ccc(F)c(C(F)(F)F)c2)nn1. The summed E-state index contributed by atoms with van der Waals surface area (Å²) in [5.41, 5.74) is 4.46. The highest BCUT2D eigenvalue weighted by Crippen LogP contribution is 2.32. The average Bonchev–Trinajstić information content (AvgIpc) is 2.76. The minimum atomic E-state index is -4.75. The van der Waals surface area contributed by atoms with Crippen LogP contribution in [0.25, 0.3) is 5.69 Å². The van der Waals surface area contributed by atoms with E-state index in [1.165, 1.54) is 12.3 Å². The van der Waals surface area contributed by atoms with E-state index in [4.69, 9.17) is 5.73 Å². The molecule has 0 spiro atoms. The van der Waals surface area contributed by atoms with E-state index >= 15 is 0 Å². The molecule has 0 unspecified atom stereocenters. The molecule has 2 rings (SSSR count). The van der Waals surface area contributed by atoms with Crippen LogP contribution in [0, 0.1) is 5.82 Å². The Morgan fingerprint density at radius 2 is 2.00 bits per heavy atom. The van der Waals surface area contributed by atoms with E-state index in [1.807, 2.05) is 0 Å². The molecule has 0 bridgehead atoms. The third-order valence-electron chi connectivity index (χ3n) is 2.27. The van der Waals surface area contributed by atoms with E-state index in [9.17, 15) is 17.6 Å². The van der Waals surface area contributed by atoms with Gasteiger partial charge in [0, 0.05) is 6.54 Å². The van der Waals surface area contributed by atoms with Gasteiger partial charge in [-0.1, -0.05) is 5.21 Å². The second-order valence-corrected chi connectivity index (χ2v) is 3.52. The van der Waals surface area contributed by atoms with Gasteiger partial charge in [0.05, 0.1) is 23.1 Å². The molecule has 2 N–H and O–H groups in total. The first-order chi connectivity index (χ1) is 8.41. The molecule has 0 aliphatic rings. The Balaban J connectivity index is 2.47. The van der Waals surface area contributed by atoms with Crippen LogP contribution in [-0.2, 0) is 12.7 Å². The van der Waals surface area contributed by atoms with E-state index in [-0.39, 0.29) is 12.2 Å². The summed E-state index contributed by atoms with van der Waals surface area (Å²) in [7, 11) is 0. The van der Waals surface area contributed by atoms with Crippen molar-refractivity contribution < 1.29 is 17.6 Å². The maximum Gasteiger partial charge on any atom is 0.419 e. The minimum Gasteiger partial charge on any atom is -0.325 e. The summed E-state index contributed by atoms with van der Waals surface area (Å²) in [5.74, 6) is -1.33. The number of alkyl halides is 3. The monoisotopic (exact) mass is 260 g/mol. The zero-order chi connectivity index (χ0) is 13.3. The van der Waals surface area contributed by atoms with E-state index in [2.05, 4.69) is 10.3 Å². The summed E-state index contributed by atoms with van der Waals surface area (Å²) in [6, 6.07) is 2.59. The lowest BCUT2D eigenvalue weighted by molar-refractivity contribution is -0.140. The van der Waals surface area contributed by atoms with Crippen molar-refractivity contribution in [2.75, 3.05) is 0 Å². The Labute approximate surface area is 99.0 Å². The summed E-state index contributed by atoms with van der Waals surface area (Å²) in [4.78, 5) is 0. The fourth-order valence-corrected chi connectivity index (χ4v) is 1.39. The molecule has 0 saturated heterocycles. The molecule has 96 valence electrons. The summed E-state index contributed by atoms with van der Waals surface area (Å²) >= 11 is 0. The molecule has 1 heterocycles. The van der Waals surface area contributed by atoms with E-state index < -0.39 is 17.6 Å². The van der Waals surface area contributed by atoms with Crippen LogP contribution in [0.15, 0.2) is 24.4 Å². The van der Waals surface area contributed by atoms with Crippen LogP contribution >= 0.6 is 0 Å². The molecule has 4 nitrogen and oxygen atoms in total. The highest BCUT2D eigenvalue weighted by molar-refractivity contribution is 5.37. The van der Waals surface area contributed by atoms with Gasteiger partial charge in [-0.2, -0.15) is 13.2 Å². The maximum atomic E-state index is 13.1. The van der Waals surface area contributed by atoms with Gasteiger partial charge in [0.25, 0.3) is 0 Å². The van der Waals surface area contributed by atoms with Gasteiger partial charge in [0.1, 0.15) is 5.82 Å². The summed E-state index contributed by atoms with van der Waals surface area (Å²) < 4.78 is 51.7. The van der Waals surface area contributed by atoms with Gasteiger partial charge in [0.15, 0.2) is 0 Å². The Morgan fingerprint density at radius 3 is 2.56 bits per heavy atom. The highest BCUT2D eigenvalue weighted by atomic mass is 19.4. The number of aromatic nitrogens is 3. The molecule has 1 aromatic carbocycles. The summed E-state index contributed by atoms with van der Waals surface area (Å²) in [6.45, 7) is 0.118. The first kappa shape index (κ1) is 12.5. The second-order valence-electron chi connectivity index (χ2n) is 3.52. The van der Waals surface area contributed by atoms with Gasteiger partial charge in [-0.3, -0.25) is 0 Å². The first-order valence-electron chi connectivity index (χ1n) is 4.90. The number of benzene rings is 1. The number of rotatable bonds is 2. The van der Waals surface area contributed by atoms with Gasteiger partial charge in [0.2, 0.25) is 0 Å². The van der Waals surface area contributed by atoms with E-state index in [0.29, 0.717) is 11.8 Å². The third kappa shape index (κ3) is 2.33. The Bertz CT molecular complexity index is 561. The standard InChI is InChI=1S/C10H8F4N4/c11-9-2-1-7(3-8(9)10(12,13)14)18-5-6(4-15)16-17-18/h1-3,5H,4,15H2. The molecule has 1 aromatic heterocycles. The fourth-order valence-electron chi connectivity index (χ4n) is 1.39. The molecule has 0 atom stereocenters. The van der Waals surface area contributed by atoms with Gasteiger partial charge >= 0.3 is 6.18 Å². The number of hydrogen-bond donors (Lipinski definition) is 1. The predicted molar refractivity (Wildman–Crippen MR) is 54.2 cm³/mol. The Morgan fingerprint density at radius 1 is 1.28 bits per heavy atom. The molecule has 0 radical (unpaired) electrons. The van der Waals surface area contributed by atoms with Crippen molar-refractivity contribution in [1.29, 1.82) is 0 Å². The molecule has 8 heteroatoms. The fraction of sp³-hybridized carbons (Fsp3) is 0.200. The van der Waals surface area contributed by atoms with Crippen molar-refractivity contribution in [3.05, 3.63) is 41.5 Å². The Hall–Kier alpha value is -1.96. The van der Waals surface area contributed by atoms with Crippen molar-refractivity contribution in [3.63, 3.8) is 0 Å². The third-order valence-corrected chi connectivity index (χ3v) is 2.27. The van der Waals surface area contributed by atoms with Crippen molar-refractivity contribution in [2.45, 2.75) is 12.7 Å². The molecule has 0 saturated carbocycles. The lowest BCUT2D eigenvalue weighted by Gasteiger charge is -2.09. The summed E-state index contributed by atoms with van der Waals surface area (Å²) in [5, 5.41) is 7.25. The van der Waals surface area contributed by atoms with Gasteiger partial charge in [-0.05, 0) is 18.2 Å². The van der Waals surface area contributed by atoms with Crippen molar-refractivity contribution in [1.82, 2.24) is 15.0 Å². The molecular formula is C10H8F4N4. The van der Waals surface area contributed by atoms with Gasteiger partial charge in [-0.25, -0.2) is 9.07 Å². The van der Waals surface area contributed by atoms with Crippen LogP contribution in [0.1, 0.15) is 11.3 Å². The van der Waals surface area contributed by atoms with Crippen LogP contribution in [0.2, 0.25) is 0 Å². The van der Waals surface area contributed by atoms with Crippen molar-refractivity contribution >= 4 is 0 Å². The smallest absolute Gasteiger partial charge is 0.325 e. The van der Waals surface area contributed by atoms with Crippen LogP contribution < -0.4 is 5.73 Å². The first-order valence-corrected chi connectivity index (χ1v) is 4.90. The normalized spacial score (nSPS) is 11.8. The van der Waals surface area contributed by atoms with Crippen LogP contribution in [0.3, 0.4) is 0 Å². The van der Waals surface area contributed by atoms with Gasteiger partial charge in [-0.15, -0.1) is 5.10 Å². The number of hydrogen-bond acceptors (Lipinski definition) is 3. The molecule has 2 aromatic rings. The zero-order valence-electron chi connectivity index (χ0n) is 8.95. The Kier molecular flexibility index (Phi) is 3.04. The second kappa shape index (κ2) is 4.37. The lowest BCUT2D eigenvalue weighted by Crippen LogP contribution is -2.09. The number of nitrogens with two attached hydrogens (primary N) is 1. The number of nitrogens with zero attached hydrogens (tertiary/aromatic N) is 3. The largest absolute Gasteiger partial charge is 0.419 e. The van der Waals surface area contributed by atoms with E-state index in [0.717, 1.165) is 10.7 Å². The zero-order valence-corrected chi connectivity index (χ0v) is 8.95. The molecule has 0 aliphatic heterocycles. The molecule has 18 heavy (non-hydrogen) atoms. The molecule has 0 amide bonds. The van der Waals surface area contributed by atoms with Crippen molar-refractivity contribution in [3.8, 4) is 5.69 Å². The average molecular weight is 260 g/mol.